The quantitative estimate of drug-likeness (QED) is 0.530. The molecule has 1 amide bonds. The molecule has 0 radical (unpaired) electrons. The molecule has 8 heteroatoms. The fraction of sp³-hybridized carbons (Fsp3) is 0.409. The van der Waals surface area contributed by atoms with E-state index in [2.05, 4.69) is 5.32 Å². The van der Waals surface area contributed by atoms with E-state index in [-0.39, 0.29) is 12.2 Å². The van der Waals surface area contributed by atoms with Crippen LogP contribution in [0.15, 0.2) is 24.3 Å². The Labute approximate surface area is 179 Å². The predicted octanol–water partition coefficient (Wildman–Crippen LogP) is 3.96. The number of esters is 2. The zero-order valence-corrected chi connectivity index (χ0v) is 17.8. The molecule has 0 spiro atoms. The van der Waals surface area contributed by atoms with Gasteiger partial charge in [0.05, 0.1) is 17.7 Å². The molecule has 7 nitrogen and oxygen atoms in total. The van der Waals surface area contributed by atoms with Crippen molar-refractivity contribution in [3.8, 4) is 0 Å². The van der Waals surface area contributed by atoms with Crippen molar-refractivity contribution in [3.63, 3.8) is 0 Å². The summed E-state index contributed by atoms with van der Waals surface area (Å²) in [6, 6.07) is 6.34. The van der Waals surface area contributed by atoms with Gasteiger partial charge in [0.15, 0.2) is 6.61 Å². The van der Waals surface area contributed by atoms with E-state index in [0.29, 0.717) is 16.3 Å². The van der Waals surface area contributed by atoms with Crippen molar-refractivity contribution in [2.75, 3.05) is 24.3 Å². The normalized spacial score (nSPS) is 13.5. The summed E-state index contributed by atoms with van der Waals surface area (Å²) < 4.78 is 10.3. The summed E-state index contributed by atoms with van der Waals surface area (Å²) in [4.78, 5) is 38.3. The van der Waals surface area contributed by atoms with Gasteiger partial charge in [0, 0.05) is 10.6 Å². The van der Waals surface area contributed by atoms with Crippen molar-refractivity contribution < 1.29 is 23.9 Å². The maximum atomic E-state index is 12.6. The van der Waals surface area contributed by atoms with Crippen LogP contribution in [0.2, 0.25) is 0 Å². The summed E-state index contributed by atoms with van der Waals surface area (Å²) in [6.07, 6.45) is 6.02. The molecular formula is C22H26N2O5S. The highest BCUT2D eigenvalue weighted by atomic mass is 32.1. The molecule has 3 N–H and O–H groups in total. The first-order valence-electron chi connectivity index (χ1n) is 10.1. The molecule has 1 aromatic carbocycles. The molecule has 1 aromatic heterocycles. The average Bonchev–Trinajstić information content (AvgIpc) is 3.02. The van der Waals surface area contributed by atoms with Crippen molar-refractivity contribution in [1.29, 1.82) is 0 Å². The van der Waals surface area contributed by atoms with Crippen LogP contribution in [0.4, 0.5) is 10.7 Å². The van der Waals surface area contributed by atoms with Crippen LogP contribution in [-0.2, 0) is 27.1 Å². The largest absolute Gasteiger partial charge is 0.462 e. The summed E-state index contributed by atoms with van der Waals surface area (Å²) >= 11 is 1.41. The smallest absolute Gasteiger partial charge is 0.341 e. The van der Waals surface area contributed by atoms with Gasteiger partial charge in [-0.25, -0.2) is 9.59 Å². The van der Waals surface area contributed by atoms with E-state index in [0.717, 1.165) is 49.0 Å². The molecule has 0 aliphatic heterocycles. The van der Waals surface area contributed by atoms with Crippen LogP contribution in [0.5, 0.6) is 0 Å². The molecule has 1 aliphatic carbocycles. The fourth-order valence-corrected chi connectivity index (χ4v) is 4.76. The number of nitrogens with one attached hydrogen (secondary N) is 1. The standard InChI is InChI=1S/C22H26N2O5S/c1-2-28-22(27)19-16-10-5-3-4-6-11-17(16)30-20(19)24-18(25)13-29-21(26)14-8-7-9-15(23)12-14/h7-9,12H,2-6,10-11,13,23H2,1H3,(H,24,25). The van der Waals surface area contributed by atoms with Crippen molar-refractivity contribution in [2.45, 2.75) is 45.4 Å². The van der Waals surface area contributed by atoms with Crippen LogP contribution in [0.3, 0.4) is 0 Å². The van der Waals surface area contributed by atoms with Gasteiger partial charge in [0.25, 0.3) is 5.91 Å². The lowest BCUT2D eigenvalue weighted by atomic mass is 9.96. The van der Waals surface area contributed by atoms with Crippen molar-refractivity contribution in [1.82, 2.24) is 0 Å². The Balaban J connectivity index is 1.72. The van der Waals surface area contributed by atoms with Crippen LogP contribution in [0, 0.1) is 0 Å². The number of carbonyl (C=O) groups excluding carboxylic acids is 3. The van der Waals surface area contributed by atoms with Gasteiger partial charge in [-0.3, -0.25) is 4.79 Å². The lowest BCUT2D eigenvalue weighted by Crippen LogP contribution is -2.22. The third-order valence-corrected chi connectivity index (χ3v) is 6.07. The first-order valence-corrected chi connectivity index (χ1v) is 11.0. The Morgan fingerprint density at radius 3 is 2.57 bits per heavy atom. The number of benzene rings is 1. The molecule has 0 unspecified atom stereocenters. The minimum Gasteiger partial charge on any atom is -0.462 e. The lowest BCUT2D eigenvalue weighted by molar-refractivity contribution is -0.119. The Morgan fingerprint density at radius 1 is 1.07 bits per heavy atom. The van der Waals surface area contributed by atoms with Gasteiger partial charge in [-0.1, -0.05) is 18.9 Å². The predicted molar refractivity (Wildman–Crippen MR) is 116 cm³/mol. The van der Waals surface area contributed by atoms with E-state index < -0.39 is 24.5 Å². The number of thiophene rings is 1. The van der Waals surface area contributed by atoms with Gasteiger partial charge in [0.1, 0.15) is 5.00 Å². The van der Waals surface area contributed by atoms with Gasteiger partial charge in [0.2, 0.25) is 0 Å². The zero-order chi connectivity index (χ0) is 21.5. The molecule has 1 heterocycles. The third kappa shape index (κ3) is 5.38. The zero-order valence-electron chi connectivity index (χ0n) is 17.0. The van der Waals surface area contributed by atoms with Crippen molar-refractivity contribution >= 4 is 39.9 Å². The van der Waals surface area contributed by atoms with E-state index in [9.17, 15) is 14.4 Å². The van der Waals surface area contributed by atoms with E-state index >= 15 is 0 Å². The van der Waals surface area contributed by atoms with E-state index in [1.54, 1.807) is 25.1 Å². The van der Waals surface area contributed by atoms with Crippen LogP contribution >= 0.6 is 11.3 Å². The van der Waals surface area contributed by atoms with Crippen molar-refractivity contribution in [2.24, 2.45) is 0 Å². The second kappa shape index (κ2) is 10.2. The van der Waals surface area contributed by atoms with Gasteiger partial charge in [-0.15, -0.1) is 11.3 Å². The second-order valence-corrected chi connectivity index (χ2v) is 8.20. The first-order chi connectivity index (χ1) is 14.5. The van der Waals surface area contributed by atoms with Crippen LogP contribution in [0.25, 0.3) is 0 Å². The number of rotatable bonds is 6. The molecular weight excluding hydrogens is 404 g/mol. The molecule has 0 saturated heterocycles. The number of nitrogen functional groups attached to an aromatic ring is 1. The highest BCUT2D eigenvalue weighted by Gasteiger charge is 2.26. The van der Waals surface area contributed by atoms with Crippen LogP contribution < -0.4 is 11.1 Å². The minimum absolute atomic E-state index is 0.259. The summed E-state index contributed by atoms with van der Waals surface area (Å²) in [5, 5.41) is 3.21. The van der Waals surface area contributed by atoms with Gasteiger partial charge in [-0.2, -0.15) is 0 Å². The Hall–Kier alpha value is -2.87. The number of fused-ring (bicyclic) bond motifs is 1. The Bertz CT molecular complexity index is 938. The topological polar surface area (TPSA) is 108 Å². The Morgan fingerprint density at radius 2 is 1.83 bits per heavy atom. The molecule has 2 aromatic rings. The maximum absolute atomic E-state index is 12.6. The maximum Gasteiger partial charge on any atom is 0.341 e. The minimum atomic E-state index is -0.637. The molecule has 160 valence electrons. The SMILES string of the molecule is CCOC(=O)c1c(NC(=O)COC(=O)c2cccc(N)c2)sc2c1CCCCCC2. The van der Waals surface area contributed by atoms with Gasteiger partial charge >= 0.3 is 11.9 Å². The molecule has 30 heavy (non-hydrogen) atoms. The second-order valence-electron chi connectivity index (χ2n) is 7.09. The van der Waals surface area contributed by atoms with Crippen LogP contribution in [0.1, 0.15) is 63.8 Å². The summed E-state index contributed by atoms with van der Waals surface area (Å²) in [5.74, 6) is -1.57. The highest BCUT2D eigenvalue weighted by molar-refractivity contribution is 7.17. The third-order valence-electron chi connectivity index (χ3n) is 4.86. The number of anilines is 2. The lowest BCUT2D eigenvalue weighted by Gasteiger charge is -2.11. The monoisotopic (exact) mass is 430 g/mol. The number of hydrogen-bond donors (Lipinski definition) is 2. The number of ether oxygens (including phenoxy) is 2. The Kier molecular flexibility index (Phi) is 7.46. The van der Waals surface area contributed by atoms with Gasteiger partial charge in [-0.05, 0) is 56.4 Å². The first kappa shape index (κ1) is 21.8. The number of aryl methyl sites for hydroxylation is 1. The number of carbonyl (C=O) groups is 3. The number of nitrogens with two attached hydrogens (primary N) is 1. The number of hydrogen-bond acceptors (Lipinski definition) is 7. The van der Waals surface area contributed by atoms with E-state index in [1.165, 1.54) is 17.4 Å². The summed E-state index contributed by atoms with van der Waals surface area (Å²) in [6.45, 7) is 1.55. The molecule has 0 bridgehead atoms. The summed E-state index contributed by atoms with van der Waals surface area (Å²) in [7, 11) is 0. The molecule has 3 rings (SSSR count). The van der Waals surface area contributed by atoms with Gasteiger partial charge < -0.3 is 20.5 Å². The number of amides is 1. The molecule has 0 atom stereocenters. The molecule has 0 saturated carbocycles. The highest BCUT2D eigenvalue weighted by Crippen LogP contribution is 2.37. The average molecular weight is 431 g/mol. The molecule has 0 fully saturated rings. The van der Waals surface area contributed by atoms with Crippen molar-refractivity contribution in [3.05, 3.63) is 45.8 Å². The van der Waals surface area contributed by atoms with E-state index in [1.807, 2.05) is 0 Å². The summed E-state index contributed by atoms with van der Waals surface area (Å²) in [5.41, 5.74) is 7.79. The van der Waals surface area contributed by atoms with E-state index in [4.69, 9.17) is 15.2 Å². The van der Waals surface area contributed by atoms with Crippen LogP contribution in [-0.4, -0.2) is 31.1 Å². The molecule has 1 aliphatic rings. The fourth-order valence-electron chi connectivity index (χ4n) is 3.47.